The fraction of sp³-hybridized carbons (Fsp3) is 0.167. The maximum atomic E-state index is 13.1. The number of carbonyl (C=O) groups excluding carboxylic acids is 1. The molecule has 1 aliphatic rings. The average molecular weight is 350 g/mol. The molecule has 0 saturated carbocycles. The summed E-state index contributed by atoms with van der Waals surface area (Å²) in [6.45, 7) is 0.857. The maximum absolute atomic E-state index is 13.1. The van der Waals surface area contributed by atoms with Gasteiger partial charge in [-0.2, -0.15) is 0 Å². The van der Waals surface area contributed by atoms with Crippen LogP contribution in [0.5, 0.6) is 0 Å². The number of nitrogens with two attached hydrogens (primary N) is 1. The zero-order valence-electron chi connectivity index (χ0n) is 13.8. The van der Waals surface area contributed by atoms with Gasteiger partial charge in [0.1, 0.15) is 5.82 Å². The number of hydrogen-bond acceptors (Lipinski definition) is 6. The second-order valence-electron chi connectivity index (χ2n) is 5.98. The summed E-state index contributed by atoms with van der Waals surface area (Å²) in [4.78, 5) is 31.4. The van der Waals surface area contributed by atoms with E-state index in [9.17, 15) is 9.18 Å². The van der Waals surface area contributed by atoms with E-state index in [1.54, 1.807) is 29.4 Å². The highest BCUT2D eigenvalue weighted by Gasteiger charge is 2.26. The summed E-state index contributed by atoms with van der Waals surface area (Å²) in [7, 11) is 0. The van der Waals surface area contributed by atoms with E-state index < -0.39 is 0 Å². The molecule has 0 unspecified atom stereocenters. The second-order valence-corrected chi connectivity index (χ2v) is 5.98. The first-order valence-corrected chi connectivity index (χ1v) is 8.04. The first kappa shape index (κ1) is 16.1. The van der Waals surface area contributed by atoms with Gasteiger partial charge >= 0.3 is 0 Å². The molecule has 2 N–H and O–H groups in total. The van der Waals surface area contributed by atoms with Crippen LogP contribution in [-0.2, 0) is 24.3 Å². The molecule has 1 aliphatic heterocycles. The van der Waals surface area contributed by atoms with Crippen LogP contribution >= 0.6 is 0 Å². The third kappa shape index (κ3) is 3.08. The second kappa shape index (κ2) is 6.47. The highest BCUT2D eigenvalue weighted by Crippen LogP contribution is 2.22. The molecule has 3 heterocycles. The highest BCUT2D eigenvalue weighted by molar-refractivity contribution is 5.80. The lowest BCUT2D eigenvalue weighted by molar-refractivity contribution is -0.131. The molecular weight excluding hydrogens is 335 g/mol. The van der Waals surface area contributed by atoms with Crippen molar-refractivity contribution in [1.82, 2.24) is 24.8 Å². The van der Waals surface area contributed by atoms with Crippen molar-refractivity contribution >= 4 is 11.6 Å². The van der Waals surface area contributed by atoms with Crippen molar-refractivity contribution in [3.63, 3.8) is 0 Å². The number of hydrogen-bond donors (Lipinski definition) is 1. The zero-order chi connectivity index (χ0) is 18.1. The van der Waals surface area contributed by atoms with E-state index in [4.69, 9.17) is 5.73 Å². The van der Waals surface area contributed by atoms with Gasteiger partial charge in [0.05, 0.1) is 48.5 Å². The van der Waals surface area contributed by atoms with E-state index in [0.717, 1.165) is 11.4 Å². The van der Waals surface area contributed by atoms with Gasteiger partial charge in [0, 0.05) is 18.0 Å². The average Bonchev–Trinajstić information content (AvgIpc) is 3.09. The molecule has 26 heavy (non-hydrogen) atoms. The van der Waals surface area contributed by atoms with E-state index >= 15 is 0 Å². The summed E-state index contributed by atoms with van der Waals surface area (Å²) in [5.41, 5.74) is 9.00. The molecule has 1 amide bonds. The van der Waals surface area contributed by atoms with Crippen LogP contribution < -0.4 is 5.73 Å². The molecule has 8 heteroatoms. The molecule has 0 atom stereocenters. The Morgan fingerprint density at radius 2 is 1.73 bits per heavy atom. The summed E-state index contributed by atoms with van der Waals surface area (Å²) in [6, 6.07) is 5.84. The van der Waals surface area contributed by atoms with E-state index in [2.05, 4.69) is 19.9 Å². The van der Waals surface area contributed by atoms with Gasteiger partial charge in [-0.15, -0.1) is 0 Å². The van der Waals surface area contributed by atoms with Crippen LogP contribution in [-0.4, -0.2) is 30.7 Å². The summed E-state index contributed by atoms with van der Waals surface area (Å²) in [6.07, 6.45) is 4.75. The van der Waals surface area contributed by atoms with Crippen LogP contribution in [0, 0.1) is 5.82 Å². The predicted molar refractivity (Wildman–Crippen MR) is 91.8 cm³/mol. The molecular formula is C18H15FN6O. The summed E-state index contributed by atoms with van der Waals surface area (Å²) in [5, 5.41) is 0. The predicted octanol–water partition coefficient (Wildman–Crippen LogP) is 1.74. The number of carbonyl (C=O) groups is 1. The minimum Gasteiger partial charge on any atom is -0.396 e. The molecule has 0 aliphatic carbocycles. The van der Waals surface area contributed by atoms with Crippen molar-refractivity contribution in [2.24, 2.45) is 0 Å². The van der Waals surface area contributed by atoms with Crippen LogP contribution in [0.2, 0.25) is 0 Å². The van der Waals surface area contributed by atoms with Gasteiger partial charge in [-0.1, -0.05) is 0 Å². The first-order valence-electron chi connectivity index (χ1n) is 8.04. The Hall–Kier alpha value is -3.42. The third-order valence-corrected chi connectivity index (χ3v) is 4.22. The van der Waals surface area contributed by atoms with Crippen molar-refractivity contribution < 1.29 is 9.18 Å². The Balaban J connectivity index is 1.54. The molecule has 0 spiro atoms. The van der Waals surface area contributed by atoms with Gasteiger partial charge in [0.15, 0.2) is 5.82 Å². The Kier molecular flexibility index (Phi) is 4.00. The number of aromatic nitrogens is 4. The lowest BCUT2D eigenvalue weighted by atomic mass is 10.2. The number of nitrogen functional groups attached to an aromatic ring is 1. The lowest BCUT2D eigenvalue weighted by Gasteiger charge is -2.15. The molecule has 0 bridgehead atoms. The Bertz CT molecular complexity index is 951. The topological polar surface area (TPSA) is 97.9 Å². The molecule has 4 rings (SSSR count). The van der Waals surface area contributed by atoms with Crippen molar-refractivity contribution in [3.8, 4) is 11.4 Å². The molecule has 7 nitrogen and oxygen atoms in total. The van der Waals surface area contributed by atoms with Gasteiger partial charge in [0.2, 0.25) is 5.91 Å². The molecule has 0 saturated heterocycles. The Labute approximate surface area is 148 Å². The lowest BCUT2D eigenvalue weighted by Crippen LogP contribution is -2.27. The van der Waals surface area contributed by atoms with Crippen molar-refractivity contribution in [2.75, 3.05) is 5.73 Å². The summed E-state index contributed by atoms with van der Waals surface area (Å²) in [5.74, 6) is -0.0503. The van der Waals surface area contributed by atoms with E-state index in [1.807, 2.05) is 0 Å². The largest absolute Gasteiger partial charge is 0.396 e. The third-order valence-electron chi connectivity index (χ3n) is 4.22. The first-order chi connectivity index (χ1) is 12.6. The molecule has 0 radical (unpaired) electrons. The van der Waals surface area contributed by atoms with Gasteiger partial charge < -0.3 is 10.6 Å². The molecule has 1 aromatic carbocycles. The Morgan fingerprint density at radius 1 is 1.08 bits per heavy atom. The minimum atomic E-state index is -0.338. The number of nitrogens with zero attached hydrogens (tertiary/aromatic N) is 5. The monoisotopic (exact) mass is 350 g/mol. The van der Waals surface area contributed by atoms with Crippen LogP contribution in [0.1, 0.15) is 17.1 Å². The standard InChI is InChI=1S/C18H15FN6O/c19-12-3-1-11(2-4-12)18-23-8-13(20)14(24-18)7-17(26)25-9-15-16(10-25)22-6-5-21-15/h1-6,8H,7,9-10,20H2. The normalized spacial score (nSPS) is 12.9. The van der Waals surface area contributed by atoms with Crippen molar-refractivity contribution in [1.29, 1.82) is 0 Å². The Morgan fingerprint density at radius 3 is 2.38 bits per heavy atom. The molecule has 130 valence electrons. The van der Waals surface area contributed by atoms with E-state index in [0.29, 0.717) is 35.9 Å². The maximum Gasteiger partial charge on any atom is 0.229 e. The van der Waals surface area contributed by atoms with Crippen LogP contribution in [0.15, 0.2) is 42.9 Å². The highest BCUT2D eigenvalue weighted by atomic mass is 19.1. The zero-order valence-corrected chi connectivity index (χ0v) is 13.8. The van der Waals surface area contributed by atoms with Crippen LogP contribution in [0.3, 0.4) is 0 Å². The molecule has 2 aromatic heterocycles. The number of amides is 1. The summed E-state index contributed by atoms with van der Waals surface area (Å²) < 4.78 is 13.1. The van der Waals surface area contributed by atoms with E-state index in [-0.39, 0.29) is 18.1 Å². The van der Waals surface area contributed by atoms with E-state index in [1.165, 1.54) is 18.3 Å². The van der Waals surface area contributed by atoms with Gasteiger partial charge in [-0.25, -0.2) is 14.4 Å². The van der Waals surface area contributed by atoms with Gasteiger partial charge in [-0.3, -0.25) is 14.8 Å². The fourth-order valence-electron chi connectivity index (χ4n) is 2.81. The van der Waals surface area contributed by atoms with Gasteiger partial charge in [-0.05, 0) is 24.3 Å². The number of anilines is 1. The number of fused-ring (bicyclic) bond motifs is 1. The number of halogens is 1. The van der Waals surface area contributed by atoms with Gasteiger partial charge in [0.25, 0.3) is 0 Å². The number of benzene rings is 1. The SMILES string of the molecule is Nc1cnc(-c2ccc(F)cc2)nc1CC(=O)N1Cc2nccnc2C1. The fourth-order valence-corrected chi connectivity index (χ4v) is 2.81. The van der Waals surface area contributed by atoms with Crippen LogP contribution in [0.25, 0.3) is 11.4 Å². The molecule has 0 fully saturated rings. The van der Waals surface area contributed by atoms with Crippen molar-refractivity contribution in [3.05, 3.63) is 65.8 Å². The van der Waals surface area contributed by atoms with Crippen molar-refractivity contribution in [2.45, 2.75) is 19.5 Å². The molecule has 3 aromatic rings. The minimum absolute atomic E-state index is 0.0521. The smallest absolute Gasteiger partial charge is 0.229 e. The summed E-state index contributed by atoms with van der Waals surface area (Å²) >= 11 is 0. The van der Waals surface area contributed by atoms with Crippen LogP contribution in [0.4, 0.5) is 10.1 Å². The quantitative estimate of drug-likeness (QED) is 0.773. The number of rotatable bonds is 3.